The van der Waals surface area contributed by atoms with Crippen molar-refractivity contribution in [3.05, 3.63) is 23.5 Å². The van der Waals surface area contributed by atoms with Crippen LogP contribution in [-0.4, -0.2) is 21.0 Å². The van der Waals surface area contributed by atoms with E-state index in [1.165, 1.54) is 0 Å². The Morgan fingerprint density at radius 2 is 2.33 bits per heavy atom. The highest BCUT2D eigenvalue weighted by atomic mass is 32.1. The second-order valence-corrected chi connectivity index (χ2v) is 6.09. The number of aromatic nitrogens is 2. The van der Waals surface area contributed by atoms with Gasteiger partial charge in [0, 0.05) is 12.1 Å². The maximum absolute atomic E-state index is 11.3. The largest absolute Gasteiger partial charge is 0.481 e. The van der Waals surface area contributed by atoms with Crippen molar-refractivity contribution >= 4 is 27.5 Å². The van der Waals surface area contributed by atoms with E-state index in [1.54, 1.807) is 23.7 Å². The summed E-state index contributed by atoms with van der Waals surface area (Å²) in [6.45, 7) is 2.12. The van der Waals surface area contributed by atoms with E-state index in [1.807, 2.05) is 6.07 Å². The lowest BCUT2D eigenvalue weighted by Gasteiger charge is -2.11. The third-order valence-corrected chi connectivity index (χ3v) is 4.81. The minimum Gasteiger partial charge on any atom is -0.481 e. The first-order valence-electron chi connectivity index (χ1n) is 6.08. The number of carboxylic acids is 1. The zero-order valence-corrected chi connectivity index (χ0v) is 10.9. The number of pyridine rings is 1. The fourth-order valence-corrected chi connectivity index (χ4v) is 3.91. The molecule has 1 aliphatic rings. The van der Waals surface area contributed by atoms with Gasteiger partial charge in [-0.3, -0.25) is 9.78 Å². The summed E-state index contributed by atoms with van der Waals surface area (Å²) in [5.74, 6) is -0.452. The molecule has 3 rings (SSSR count). The number of aliphatic carboxylic acids is 1. The number of nitrogens with zero attached hydrogens (tertiary/aromatic N) is 2. The van der Waals surface area contributed by atoms with Gasteiger partial charge < -0.3 is 5.11 Å². The molecule has 0 aromatic carbocycles. The Morgan fingerprint density at radius 1 is 1.50 bits per heavy atom. The molecule has 1 N–H and O–H groups in total. The van der Waals surface area contributed by atoms with Crippen molar-refractivity contribution in [3.63, 3.8) is 0 Å². The molecule has 0 saturated heterocycles. The van der Waals surface area contributed by atoms with E-state index in [9.17, 15) is 9.90 Å². The van der Waals surface area contributed by atoms with Gasteiger partial charge in [-0.2, -0.15) is 0 Å². The molecular weight excluding hydrogens is 248 g/mol. The molecule has 2 aromatic heterocycles. The Bertz CT molecular complexity index is 562. The average molecular weight is 262 g/mol. The average Bonchev–Trinajstić information content (AvgIpc) is 2.91. The summed E-state index contributed by atoms with van der Waals surface area (Å²) in [5.41, 5.74) is 0.876. The Kier molecular flexibility index (Phi) is 2.78. The first kappa shape index (κ1) is 11.6. The third kappa shape index (κ3) is 1.88. The molecule has 1 fully saturated rings. The van der Waals surface area contributed by atoms with E-state index in [0.29, 0.717) is 5.92 Å². The molecule has 4 nitrogen and oxygen atoms in total. The summed E-state index contributed by atoms with van der Waals surface area (Å²) in [4.78, 5) is 19.9. The molecule has 2 heterocycles. The molecule has 1 saturated carbocycles. The molecule has 0 bridgehead atoms. The normalized spacial score (nSPS) is 27.7. The van der Waals surface area contributed by atoms with Crippen LogP contribution in [0.15, 0.2) is 18.5 Å². The molecule has 5 heteroatoms. The smallest absolute Gasteiger partial charge is 0.307 e. The van der Waals surface area contributed by atoms with Gasteiger partial charge in [-0.05, 0) is 24.8 Å². The van der Waals surface area contributed by atoms with E-state index in [0.717, 1.165) is 28.1 Å². The molecule has 0 radical (unpaired) electrons. The number of fused-ring (bicyclic) bond motifs is 1. The molecule has 1 aliphatic carbocycles. The summed E-state index contributed by atoms with van der Waals surface area (Å²) in [6, 6.07) is 1.94. The van der Waals surface area contributed by atoms with Gasteiger partial charge in [-0.1, -0.05) is 6.92 Å². The predicted molar refractivity (Wildman–Crippen MR) is 69.7 cm³/mol. The number of hydrogen-bond acceptors (Lipinski definition) is 4. The van der Waals surface area contributed by atoms with E-state index in [-0.39, 0.29) is 11.8 Å². The van der Waals surface area contributed by atoms with Crippen LogP contribution in [0.25, 0.3) is 10.2 Å². The van der Waals surface area contributed by atoms with Gasteiger partial charge in [0.2, 0.25) is 0 Å². The van der Waals surface area contributed by atoms with Crippen LogP contribution in [0.2, 0.25) is 0 Å². The molecule has 3 atom stereocenters. The lowest BCUT2D eigenvalue weighted by Crippen LogP contribution is -2.16. The Morgan fingerprint density at radius 3 is 3.06 bits per heavy atom. The van der Waals surface area contributed by atoms with Crippen molar-refractivity contribution in [3.8, 4) is 0 Å². The second-order valence-electron chi connectivity index (χ2n) is 5.02. The lowest BCUT2D eigenvalue weighted by molar-refractivity contribution is -0.142. The molecule has 3 unspecified atom stereocenters. The Balaban J connectivity index is 2.00. The summed E-state index contributed by atoms with van der Waals surface area (Å²) < 4.78 is 1.09. The van der Waals surface area contributed by atoms with Crippen molar-refractivity contribution in [1.29, 1.82) is 0 Å². The zero-order valence-electron chi connectivity index (χ0n) is 10.0. The molecule has 0 spiro atoms. The maximum atomic E-state index is 11.3. The van der Waals surface area contributed by atoms with E-state index >= 15 is 0 Å². The van der Waals surface area contributed by atoms with Crippen LogP contribution in [0, 0.1) is 11.8 Å². The monoisotopic (exact) mass is 262 g/mol. The highest BCUT2D eigenvalue weighted by Gasteiger charge is 2.39. The van der Waals surface area contributed by atoms with Crippen LogP contribution in [0.4, 0.5) is 0 Å². The first-order valence-corrected chi connectivity index (χ1v) is 6.90. The van der Waals surface area contributed by atoms with E-state index < -0.39 is 5.97 Å². The Labute approximate surface area is 109 Å². The zero-order chi connectivity index (χ0) is 12.7. The fraction of sp³-hybridized carbons (Fsp3) is 0.462. The molecule has 0 amide bonds. The van der Waals surface area contributed by atoms with E-state index in [2.05, 4.69) is 16.9 Å². The topological polar surface area (TPSA) is 63.1 Å². The first-order chi connectivity index (χ1) is 8.65. The highest BCUT2D eigenvalue weighted by molar-refractivity contribution is 7.18. The molecular formula is C13H14N2O2S. The number of carboxylic acid groups (broad SMARTS) is 1. The van der Waals surface area contributed by atoms with E-state index in [4.69, 9.17) is 0 Å². The van der Waals surface area contributed by atoms with Gasteiger partial charge in [0.15, 0.2) is 0 Å². The summed E-state index contributed by atoms with van der Waals surface area (Å²) >= 11 is 1.60. The van der Waals surface area contributed by atoms with Gasteiger partial charge in [-0.25, -0.2) is 4.98 Å². The van der Waals surface area contributed by atoms with Crippen molar-refractivity contribution < 1.29 is 9.90 Å². The van der Waals surface area contributed by atoms with Crippen LogP contribution >= 0.6 is 11.3 Å². The minimum absolute atomic E-state index is 0.0647. The Hall–Kier alpha value is -1.49. The van der Waals surface area contributed by atoms with Gasteiger partial charge in [0.25, 0.3) is 0 Å². The number of hydrogen-bond donors (Lipinski definition) is 1. The number of carbonyl (C=O) groups is 1. The van der Waals surface area contributed by atoms with Crippen molar-refractivity contribution in [2.24, 2.45) is 11.8 Å². The van der Waals surface area contributed by atoms with Crippen LogP contribution in [0.3, 0.4) is 0 Å². The van der Waals surface area contributed by atoms with Gasteiger partial charge >= 0.3 is 5.97 Å². The summed E-state index contributed by atoms with van der Waals surface area (Å²) in [6.07, 6.45) is 5.16. The number of thiazole rings is 1. The molecule has 2 aromatic rings. The van der Waals surface area contributed by atoms with Crippen LogP contribution in [-0.2, 0) is 4.79 Å². The fourth-order valence-electron chi connectivity index (χ4n) is 2.79. The third-order valence-electron chi connectivity index (χ3n) is 3.64. The highest BCUT2D eigenvalue weighted by Crippen LogP contribution is 2.45. The molecule has 18 heavy (non-hydrogen) atoms. The van der Waals surface area contributed by atoms with Crippen LogP contribution in [0.5, 0.6) is 0 Å². The van der Waals surface area contributed by atoms with Crippen LogP contribution in [0.1, 0.15) is 30.7 Å². The van der Waals surface area contributed by atoms with Crippen molar-refractivity contribution in [2.75, 3.05) is 0 Å². The van der Waals surface area contributed by atoms with Gasteiger partial charge in [-0.15, -0.1) is 11.3 Å². The van der Waals surface area contributed by atoms with Crippen molar-refractivity contribution in [1.82, 2.24) is 9.97 Å². The summed E-state index contributed by atoms with van der Waals surface area (Å²) in [5, 5.41) is 10.3. The SMILES string of the molecule is CC1CC(C(=O)O)C(c2nc3cnccc3s2)C1. The number of rotatable bonds is 2. The van der Waals surface area contributed by atoms with Gasteiger partial charge in [0.05, 0.1) is 27.3 Å². The van der Waals surface area contributed by atoms with Crippen molar-refractivity contribution in [2.45, 2.75) is 25.7 Å². The lowest BCUT2D eigenvalue weighted by atomic mass is 9.97. The quantitative estimate of drug-likeness (QED) is 0.903. The maximum Gasteiger partial charge on any atom is 0.307 e. The molecule has 94 valence electrons. The predicted octanol–water partition coefficient (Wildman–Crippen LogP) is 2.91. The second kappa shape index (κ2) is 4.31. The molecule has 0 aliphatic heterocycles. The standard InChI is InChI=1S/C13H14N2O2S/c1-7-4-8(9(5-7)13(16)17)12-15-10-6-14-3-2-11(10)18-12/h2-3,6-9H,4-5H2,1H3,(H,16,17). The van der Waals surface area contributed by atoms with Gasteiger partial charge in [0.1, 0.15) is 0 Å². The van der Waals surface area contributed by atoms with Crippen LogP contribution < -0.4 is 0 Å². The summed E-state index contributed by atoms with van der Waals surface area (Å²) in [7, 11) is 0. The minimum atomic E-state index is -0.693.